The number of aromatic amines is 1. The molecule has 0 atom stereocenters. The van der Waals surface area contributed by atoms with Gasteiger partial charge < -0.3 is 10.8 Å². The zero-order valence-corrected chi connectivity index (χ0v) is 8.04. The number of hydrogen-bond donors (Lipinski definition) is 3. The Labute approximate surface area is 89.1 Å². The van der Waals surface area contributed by atoms with Gasteiger partial charge in [0.15, 0.2) is 0 Å². The predicted octanol–water partition coefficient (Wildman–Crippen LogP) is -0.159. The quantitative estimate of drug-likeness (QED) is 0.608. The molecule has 7 heteroatoms. The molecule has 16 heavy (non-hydrogen) atoms. The summed E-state index contributed by atoms with van der Waals surface area (Å²) in [5.41, 5.74) is 5.46. The lowest BCUT2D eigenvalue weighted by Crippen LogP contribution is -2.17. The summed E-state index contributed by atoms with van der Waals surface area (Å²) < 4.78 is 1.10. The lowest BCUT2D eigenvalue weighted by atomic mass is 10.1. The van der Waals surface area contributed by atoms with Gasteiger partial charge in [-0.25, -0.2) is 19.3 Å². The summed E-state index contributed by atoms with van der Waals surface area (Å²) in [6, 6.07) is 4.26. The normalized spacial score (nSPS) is 10.2. The second kappa shape index (κ2) is 3.54. The highest BCUT2D eigenvalue weighted by Crippen LogP contribution is 2.16. The van der Waals surface area contributed by atoms with Gasteiger partial charge in [-0.05, 0) is 18.2 Å². The molecule has 1 aromatic heterocycles. The van der Waals surface area contributed by atoms with Crippen molar-refractivity contribution in [3.63, 3.8) is 0 Å². The van der Waals surface area contributed by atoms with Gasteiger partial charge in [-0.15, -0.1) is 0 Å². The monoisotopic (exact) mass is 220 g/mol. The smallest absolute Gasteiger partial charge is 0.347 e. The Hall–Kier alpha value is -2.57. The highest BCUT2D eigenvalue weighted by atomic mass is 16.4. The predicted molar refractivity (Wildman–Crippen MR) is 55.6 cm³/mol. The summed E-state index contributed by atoms with van der Waals surface area (Å²) in [6.45, 7) is 0. The fourth-order valence-electron chi connectivity index (χ4n) is 1.35. The van der Waals surface area contributed by atoms with Crippen LogP contribution in [0.5, 0.6) is 0 Å². The van der Waals surface area contributed by atoms with Crippen molar-refractivity contribution in [3.8, 4) is 5.69 Å². The van der Waals surface area contributed by atoms with Gasteiger partial charge in [0.05, 0.1) is 11.3 Å². The maximum atomic E-state index is 11.3. The van der Waals surface area contributed by atoms with E-state index < -0.39 is 11.7 Å². The number of aromatic carboxylic acids is 1. The zero-order valence-electron chi connectivity index (χ0n) is 8.04. The Kier molecular flexibility index (Phi) is 2.20. The summed E-state index contributed by atoms with van der Waals surface area (Å²) in [7, 11) is 0. The van der Waals surface area contributed by atoms with E-state index in [-0.39, 0.29) is 11.3 Å². The molecule has 0 saturated carbocycles. The van der Waals surface area contributed by atoms with E-state index in [4.69, 9.17) is 10.8 Å². The Morgan fingerprint density at radius 2 is 2.25 bits per heavy atom. The number of nitrogen functional groups attached to an aromatic ring is 1. The van der Waals surface area contributed by atoms with E-state index in [1.54, 1.807) is 0 Å². The molecular formula is C9H8N4O3. The number of rotatable bonds is 2. The molecule has 1 aromatic carbocycles. The number of nitrogens with one attached hydrogen (secondary N) is 1. The zero-order chi connectivity index (χ0) is 11.7. The number of carboxylic acids is 1. The minimum Gasteiger partial charge on any atom is -0.478 e. The molecule has 2 aromatic rings. The molecule has 7 nitrogen and oxygen atoms in total. The van der Waals surface area contributed by atoms with Crippen molar-refractivity contribution in [2.24, 2.45) is 0 Å². The van der Waals surface area contributed by atoms with Gasteiger partial charge in [0, 0.05) is 5.69 Å². The average molecular weight is 220 g/mol. The maximum Gasteiger partial charge on any atom is 0.347 e. The minimum absolute atomic E-state index is 0.0523. The number of nitrogens with two attached hydrogens (primary N) is 1. The summed E-state index contributed by atoms with van der Waals surface area (Å²) in [5, 5.41) is 14.7. The van der Waals surface area contributed by atoms with Crippen LogP contribution >= 0.6 is 0 Å². The first-order valence-corrected chi connectivity index (χ1v) is 4.35. The molecule has 0 aliphatic carbocycles. The summed E-state index contributed by atoms with van der Waals surface area (Å²) >= 11 is 0. The van der Waals surface area contributed by atoms with E-state index in [2.05, 4.69) is 10.2 Å². The number of hydrogen-bond acceptors (Lipinski definition) is 4. The van der Waals surface area contributed by atoms with Crippen LogP contribution in [0.3, 0.4) is 0 Å². The van der Waals surface area contributed by atoms with Gasteiger partial charge in [-0.1, -0.05) is 0 Å². The van der Waals surface area contributed by atoms with Crippen LogP contribution in [0, 0.1) is 0 Å². The summed E-state index contributed by atoms with van der Waals surface area (Å²) in [4.78, 5) is 22.3. The number of benzene rings is 1. The van der Waals surface area contributed by atoms with Gasteiger partial charge in [0.2, 0.25) is 0 Å². The third-order valence-electron chi connectivity index (χ3n) is 2.06. The van der Waals surface area contributed by atoms with Crippen LogP contribution < -0.4 is 11.4 Å². The molecule has 0 bridgehead atoms. The van der Waals surface area contributed by atoms with Crippen molar-refractivity contribution in [2.75, 3.05) is 5.73 Å². The van der Waals surface area contributed by atoms with Crippen molar-refractivity contribution in [3.05, 3.63) is 40.6 Å². The molecule has 0 unspecified atom stereocenters. The van der Waals surface area contributed by atoms with Crippen molar-refractivity contribution >= 4 is 11.7 Å². The van der Waals surface area contributed by atoms with E-state index >= 15 is 0 Å². The first-order valence-electron chi connectivity index (χ1n) is 4.35. The first-order chi connectivity index (χ1) is 7.59. The number of carbonyl (C=O) groups is 1. The van der Waals surface area contributed by atoms with Crippen molar-refractivity contribution < 1.29 is 9.90 Å². The molecule has 0 aliphatic rings. The molecule has 4 N–H and O–H groups in total. The van der Waals surface area contributed by atoms with E-state index in [1.807, 2.05) is 0 Å². The summed E-state index contributed by atoms with van der Waals surface area (Å²) in [5.74, 6) is -1.16. The third kappa shape index (κ3) is 1.54. The standard InChI is InChI=1S/C9H8N4O3/c10-5-1-2-7(6(3-5)8(14)15)13-4-11-12-9(13)16/h1-4H,10H2,(H,12,16)(H,14,15). The van der Waals surface area contributed by atoms with Crippen LogP contribution in [0.15, 0.2) is 29.3 Å². The fraction of sp³-hybridized carbons (Fsp3) is 0. The van der Waals surface area contributed by atoms with Crippen molar-refractivity contribution in [1.82, 2.24) is 14.8 Å². The SMILES string of the molecule is Nc1ccc(-n2cn[nH]c2=O)c(C(=O)O)c1. The molecule has 0 fully saturated rings. The Balaban J connectivity index is 2.70. The average Bonchev–Trinajstić information content (AvgIpc) is 2.64. The largest absolute Gasteiger partial charge is 0.478 e. The second-order valence-electron chi connectivity index (χ2n) is 3.11. The van der Waals surface area contributed by atoms with Crippen LogP contribution in [0.1, 0.15) is 10.4 Å². The minimum atomic E-state index is -1.16. The van der Waals surface area contributed by atoms with Gasteiger partial charge in [-0.3, -0.25) is 0 Å². The van der Waals surface area contributed by atoms with E-state index in [9.17, 15) is 9.59 Å². The topological polar surface area (TPSA) is 114 Å². The van der Waals surface area contributed by atoms with E-state index in [1.165, 1.54) is 24.5 Å². The molecule has 0 radical (unpaired) electrons. The molecule has 0 aliphatic heterocycles. The number of H-pyrrole nitrogens is 1. The van der Waals surface area contributed by atoms with Gasteiger partial charge in [0.1, 0.15) is 6.33 Å². The van der Waals surface area contributed by atoms with Gasteiger partial charge in [0.25, 0.3) is 0 Å². The highest BCUT2D eigenvalue weighted by molar-refractivity contribution is 5.93. The second-order valence-corrected chi connectivity index (χ2v) is 3.11. The fourth-order valence-corrected chi connectivity index (χ4v) is 1.35. The summed E-state index contributed by atoms with van der Waals surface area (Å²) in [6.07, 6.45) is 1.21. The number of carboxylic acid groups (broad SMARTS) is 1. The van der Waals surface area contributed by atoms with Crippen LogP contribution in [-0.4, -0.2) is 25.8 Å². The van der Waals surface area contributed by atoms with Crippen LogP contribution in [0.25, 0.3) is 5.69 Å². The Bertz CT molecular complexity index is 599. The first kappa shape index (κ1) is 9.97. The van der Waals surface area contributed by atoms with E-state index in [0.29, 0.717) is 5.69 Å². The Morgan fingerprint density at radius 1 is 1.50 bits per heavy atom. The molecule has 2 rings (SSSR count). The number of anilines is 1. The van der Waals surface area contributed by atoms with E-state index in [0.717, 1.165) is 4.57 Å². The highest BCUT2D eigenvalue weighted by Gasteiger charge is 2.13. The molecule has 0 saturated heterocycles. The van der Waals surface area contributed by atoms with Gasteiger partial charge in [-0.2, -0.15) is 5.10 Å². The molecular weight excluding hydrogens is 212 g/mol. The number of aromatic nitrogens is 3. The lowest BCUT2D eigenvalue weighted by Gasteiger charge is -2.05. The molecule has 1 heterocycles. The van der Waals surface area contributed by atoms with Crippen LogP contribution in [-0.2, 0) is 0 Å². The molecule has 82 valence electrons. The van der Waals surface area contributed by atoms with Crippen LogP contribution in [0.2, 0.25) is 0 Å². The van der Waals surface area contributed by atoms with Crippen LogP contribution in [0.4, 0.5) is 5.69 Å². The Morgan fingerprint density at radius 3 is 2.81 bits per heavy atom. The number of nitrogens with zero attached hydrogens (tertiary/aromatic N) is 2. The third-order valence-corrected chi connectivity index (χ3v) is 2.06. The van der Waals surface area contributed by atoms with Crippen molar-refractivity contribution in [1.29, 1.82) is 0 Å². The van der Waals surface area contributed by atoms with Gasteiger partial charge >= 0.3 is 11.7 Å². The lowest BCUT2D eigenvalue weighted by molar-refractivity contribution is 0.0697. The maximum absolute atomic E-state index is 11.3. The molecule has 0 amide bonds. The molecule has 0 spiro atoms. The van der Waals surface area contributed by atoms with Crippen molar-refractivity contribution in [2.45, 2.75) is 0 Å².